The second-order valence-electron chi connectivity index (χ2n) is 4.22. The lowest BCUT2D eigenvalue weighted by Gasteiger charge is -2.19. The van der Waals surface area contributed by atoms with Gasteiger partial charge in [0, 0.05) is 11.4 Å². The zero-order valence-electron chi connectivity index (χ0n) is 10.3. The first kappa shape index (κ1) is 17.2. The largest absolute Gasteiger partial charge is 0.242 e. The molecule has 1 aromatic carbocycles. The number of sulfonamides is 1. The summed E-state index contributed by atoms with van der Waals surface area (Å²) in [6.07, 6.45) is 0. The van der Waals surface area contributed by atoms with Crippen LogP contribution in [0.1, 0.15) is 13.8 Å². The number of hydrogen-bond donors (Lipinski definition) is 1. The van der Waals surface area contributed by atoms with E-state index in [9.17, 15) is 12.8 Å². The van der Waals surface area contributed by atoms with Gasteiger partial charge in [0.1, 0.15) is 4.90 Å². The van der Waals surface area contributed by atoms with Gasteiger partial charge in [0.2, 0.25) is 10.0 Å². The van der Waals surface area contributed by atoms with Crippen LogP contribution in [0.2, 0.25) is 10.0 Å². The minimum Gasteiger partial charge on any atom is -0.208 e. The van der Waals surface area contributed by atoms with Crippen molar-refractivity contribution in [1.29, 1.82) is 0 Å². The third kappa shape index (κ3) is 4.04. The molecule has 0 aliphatic carbocycles. The van der Waals surface area contributed by atoms with Crippen LogP contribution in [0.3, 0.4) is 0 Å². The predicted octanol–water partition coefficient (Wildman–Crippen LogP) is 3.83. The average molecular weight is 393 g/mol. The highest BCUT2D eigenvalue weighted by Crippen LogP contribution is 2.29. The number of alkyl halides is 1. The number of hydrogen-bond acceptors (Lipinski definition) is 2. The van der Waals surface area contributed by atoms with Gasteiger partial charge >= 0.3 is 0 Å². The summed E-state index contributed by atoms with van der Waals surface area (Å²) < 4.78 is 40.2. The van der Waals surface area contributed by atoms with Gasteiger partial charge in [-0.3, -0.25) is 0 Å². The van der Waals surface area contributed by atoms with Crippen LogP contribution in [-0.4, -0.2) is 19.8 Å². The molecule has 0 saturated carbocycles. The van der Waals surface area contributed by atoms with E-state index in [4.69, 9.17) is 23.2 Å². The highest BCUT2D eigenvalue weighted by atomic mass is 79.9. The number of benzene rings is 1. The minimum absolute atomic E-state index is 0.0747. The van der Waals surface area contributed by atoms with Crippen LogP contribution in [0.25, 0.3) is 0 Å². The standard InChI is InChI=1S/C11H13BrCl2FNO2S/c1-6(5-12)7(2)16-19(17,18)9-4-3-8(13)11(15)10(9)14/h3-4,6-7,16H,5H2,1-2H3. The van der Waals surface area contributed by atoms with Crippen molar-refractivity contribution in [2.45, 2.75) is 24.8 Å². The molecule has 0 aliphatic rings. The highest BCUT2D eigenvalue weighted by molar-refractivity contribution is 9.09. The topological polar surface area (TPSA) is 46.2 Å². The van der Waals surface area contributed by atoms with Crippen molar-refractivity contribution < 1.29 is 12.8 Å². The van der Waals surface area contributed by atoms with Crippen molar-refractivity contribution in [3.63, 3.8) is 0 Å². The molecule has 3 nitrogen and oxygen atoms in total. The van der Waals surface area contributed by atoms with Gasteiger partial charge in [0.05, 0.1) is 10.0 Å². The Morgan fingerprint density at radius 2 is 1.95 bits per heavy atom. The molecular weight excluding hydrogens is 380 g/mol. The molecule has 2 unspecified atom stereocenters. The Balaban J connectivity index is 3.12. The normalized spacial score (nSPS) is 15.3. The Labute approximate surface area is 130 Å². The van der Waals surface area contributed by atoms with Gasteiger partial charge in [0.25, 0.3) is 0 Å². The fourth-order valence-corrected chi connectivity index (χ4v) is 3.93. The van der Waals surface area contributed by atoms with E-state index in [0.717, 1.165) is 6.07 Å². The molecule has 0 aliphatic heterocycles. The van der Waals surface area contributed by atoms with Crippen molar-refractivity contribution in [3.05, 3.63) is 28.0 Å². The molecule has 0 bridgehead atoms. The summed E-state index contributed by atoms with van der Waals surface area (Å²) in [6.45, 7) is 3.61. The van der Waals surface area contributed by atoms with Gasteiger partial charge in [-0.1, -0.05) is 46.1 Å². The van der Waals surface area contributed by atoms with E-state index in [-0.39, 0.29) is 21.9 Å². The molecule has 0 amide bonds. The van der Waals surface area contributed by atoms with E-state index in [2.05, 4.69) is 20.7 Å². The molecule has 0 spiro atoms. The van der Waals surface area contributed by atoms with Crippen LogP contribution in [0.15, 0.2) is 17.0 Å². The van der Waals surface area contributed by atoms with Gasteiger partial charge < -0.3 is 0 Å². The van der Waals surface area contributed by atoms with Crippen molar-refractivity contribution >= 4 is 49.2 Å². The molecule has 0 saturated heterocycles. The lowest BCUT2D eigenvalue weighted by molar-refractivity contribution is 0.484. The molecule has 8 heteroatoms. The summed E-state index contributed by atoms with van der Waals surface area (Å²) >= 11 is 14.5. The van der Waals surface area contributed by atoms with Gasteiger partial charge in [0.15, 0.2) is 5.82 Å². The summed E-state index contributed by atoms with van der Waals surface area (Å²) in [4.78, 5) is -0.315. The Morgan fingerprint density at radius 3 is 2.47 bits per heavy atom. The minimum atomic E-state index is -3.89. The first-order valence-electron chi connectivity index (χ1n) is 5.42. The van der Waals surface area contributed by atoms with Crippen LogP contribution in [-0.2, 0) is 10.0 Å². The molecule has 0 aromatic heterocycles. The van der Waals surface area contributed by atoms with Gasteiger partial charge in [-0.2, -0.15) is 0 Å². The first-order valence-corrected chi connectivity index (χ1v) is 8.78. The molecule has 1 aromatic rings. The monoisotopic (exact) mass is 391 g/mol. The smallest absolute Gasteiger partial charge is 0.208 e. The van der Waals surface area contributed by atoms with E-state index in [1.807, 2.05) is 6.92 Å². The maximum Gasteiger partial charge on any atom is 0.242 e. The summed E-state index contributed by atoms with van der Waals surface area (Å²) in [7, 11) is -3.89. The third-order valence-corrected chi connectivity index (χ3v) is 6.12. The Hall–Kier alpha value is 0.120. The second kappa shape index (κ2) is 6.72. The first-order chi connectivity index (χ1) is 8.70. The van der Waals surface area contributed by atoms with E-state index in [0.29, 0.717) is 5.33 Å². The van der Waals surface area contributed by atoms with Crippen LogP contribution >= 0.6 is 39.1 Å². The molecule has 108 valence electrons. The summed E-state index contributed by atoms with van der Waals surface area (Å²) in [5.41, 5.74) is 0. The van der Waals surface area contributed by atoms with Crippen LogP contribution < -0.4 is 4.72 Å². The van der Waals surface area contributed by atoms with Crippen LogP contribution in [0.5, 0.6) is 0 Å². The fraction of sp³-hybridized carbons (Fsp3) is 0.455. The summed E-state index contributed by atoms with van der Waals surface area (Å²) in [5.74, 6) is -0.863. The summed E-state index contributed by atoms with van der Waals surface area (Å²) in [5, 5.41) is -0.0797. The second-order valence-corrected chi connectivity index (χ2v) is 7.33. The van der Waals surface area contributed by atoms with Crippen molar-refractivity contribution in [2.24, 2.45) is 5.92 Å². The Morgan fingerprint density at radius 1 is 1.37 bits per heavy atom. The zero-order valence-corrected chi connectivity index (χ0v) is 14.2. The molecule has 0 fully saturated rings. The van der Waals surface area contributed by atoms with E-state index in [1.165, 1.54) is 6.07 Å². The van der Waals surface area contributed by atoms with Crippen molar-refractivity contribution in [3.8, 4) is 0 Å². The lowest BCUT2D eigenvalue weighted by atomic mass is 10.1. The predicted molar refractivity (Wildman–Crippen MR) is 79.2 cm³/mol. The van der Waals surface area contributed by atoms with Crippen molar-refractivity contribution in [2.75, 3.05) is 5.33 Å². The highest BCUT2D eigenvalue weighted by Gasteiger charge is 2.25. The molecule has 1 rings (SSSR count). The molecule has 0 radical (unpaired) electrons. The zero-order chi connectivity index (χ0) is 14.8. The fourth-order valence-electron chi connectivity index (χ4n) is 1.27. The maximum absolute atomic E-state index is 13.5. The number of rotatable bonds is 5. The van der Waals surface area contributed by atoms with E-state index in [1.54, 1.807) is 6.92 Å². The van der Waals surface area contributed by atoms with Crippen LogP contribution in [0.4, 0.5) is 4.39 Å². The summed E-state index contributed by atoms with van der Waals surface area (Å²) in [6, 6.07) is 2.02. The van der Waals surface area contributed by atoms with E-state index < -0.39 is 20.9 Å². The number of halogens is 4. The van der Waals surface area contributed by atoms with Crippen molar-refractivity contribution in [1.82, 2.24) is 4.72 Å². The Kier molecular flexibility index (Phi) is 6.07. The molecular formula is C11H13BrCl2FNO2S. The SMILES string of the molecule is CC(CBr)C(C)NS(=O)(=O)c1ccc(Cl)c(F)c1Cl. The maximum atomic E-state index is 13.5. The molecule has 2 atom stereocenters. The van der Waals surface area contributed by atoms with Crippen LogP contribution in [0, 0.1) is 11.7 Å². The Bertz CT molecular complexity index is 568. The van der Waals surface area contributed by atoms with Gasteiger partial charge in [-0.25, -0.2) is 17.5 Å². The lowest BCUT2D eigenvalue weighted by Crippen LogP contribution is -2.37. The van der Waals surface area contributed by atoms with E-state index >= 15 is 0 Å². The molecule has 0 heterocycles. The van der Waals surface area contributed by atoms with Gasteiger partial charge in [-0.05, 0) is 25.0 Å². The molecule has 1 N–H and O–H groups in total. The molecule has 19 heavy (non-hydrogen) atoms. The average Bonchev–Trinajstić information content (AvgIpc) is 2.33. The van der Waals surface area contributed by atoms with Gasteiger partial charge in [-0.15, -0.1) is 0 Å². The third-order valence-electron chi connectivity index (χ3n) is 2.73. The number of nitrogens with one attached hydrogen (secondary N) is 1. The quantitative estimate of drug-likeness (QED) is 0.611.